The van der Waals surface area contributed by atoms with E-state index < -0.39 is 5.97 Å². The normalized spacial score (nSPS) is 20.2. The average Bonchev–Trinajstić information content (AvgIpc) is 3.31. The molecule has 138 valence electrons. The first-order valence-corrected chi connectivity index (χ1v) is 9.18. The first-order valence-electron chi connectivity index (χ1n) is 9.18. The van der Waals surface area contributed by atoms with Crippen LogP contribution in [-0.4, -0.2) is 45.8 Å². The van der Waals surface area contributed by atoms with E-state index in [2.05, 4.69) is 15.0 Å². The zero-order valence-electron chi connectivity index (χ0n) is 14.7. The highest BCUT2D eigenvalue weighted by atomic mass is 16.5. The van der Waals surface area contributed by atoms with E-state index in [1.54, 1.807) is 12.1 Å². The third kappa shape index (κ3) is 3.37. The van der Waals surface area contributed by atoms with Crippen molar-refractivity contribution in [1.82, 2.24) is 15.0 Å². The molecule has 2 heterocycles. The molecule has 26 heavy (non-hydrogen) atoms. The van der Waals surface area contributed by atoms with Gasteiger partial charge in [0, 0.05) is 24.4 Å². The summed E-state index contributed by atoms with van der Waals surface area (Å²) in [6.45, 7) is 3.35. The molecular weight excluding hydrogens is 332 g/mol. The van der Waals surface area contributed by atoms with Crippen molar-refractivity contribution in [3.8, 4) is 0 Å². The van der Waals surface area contributed by atoms with Crippen molar-refractivity contribution in [2.75, 3.05) is 19.6 Å². The summed E-state index contributed by atoms with van der Waals surface area (Å²) in [7, 11) is 0. The van der Waals surface area contributed by atoms with Crippen LogP contribution in [0.3, 0.4) is 0 Å². The summed E-state index contributed by atoms with van der Waals surface area (Å²) in [5, 5.41) is 13.1. The van der Waals surface area contributed by atoms with Gasteiger partial charge in [-0.1, -0.05) is 17.3 Å². The second kappa shape index (κ2) is 6.81. The Kier molecular flexibility index (Phi) is 4.50. The van der Waals surface area contributed by atoms with Crippen LogP contribution in [-0.2, 0) is 12.0 Å². The van der Waals surface area contributed by atoms with Gasteiger partial charge in [0.05, 0.1) is 5.56 Å². The molecule has 0 radical (unpaired) electrons. The molecule has 0 atom stereocenters. The van der Waals surface area contributed by atoms with Crippen molar-refractivity contribution in [3.05, 3.63) is 47.1 Å². The number of aromatic carboxylic acids is 1. The Balaban J connectivity index is 1.32. The summed E-state index contributed by atoms with van der Waals surface area (Å²) in [6, 6.07) is 7.11. The minimum atomic E-state index is -0.890. The fraction of sp³-hybridized carbons (Fsp3) is 0.526. The Morgan fingerprint density at radius 2 is 1.96 bits per heavy atom. The minimum absolute atomic E-state index is 0.0232. The standard InChI is InChI=1S/C19H24N4O3/c20-12-19(7-8-19)18-21-16(26-22-18)14-5-9-23(10-6-14)11-13-1-3-15(4-2-13)17(24)25/h1-4,14H,5-12,20H2,(H,24,25). The minimum Gasteiger partial charge on any atom is -0.478 e. The number of carbonyl (C=O) groups is 1. The fourth-order valence-electron chi connectivity index (χ4n) is 3.64. The van der Waals surface area contributed by atoms with Crippen molar-refractivity contribution >= 4 is 5.97 Å². The lowest BCUT2D eigenvalue weighted by Gasteiger charge is -2.30. The van der Waals surface area contributed by atoms with Crippen LogP contribution < -0.4 is 5.73 Å². The molecule has 1 aliphatic carbocycles. The number of nitrogens with zero attached hydrogens (tertiary/aromatic N) is 3. The summed E-state index contributed by atoms with van der Waals surface area (Å²) >= 11 is 0. The van der Waals surface area contributed by atoms with Crippen LogP contribution in [0, 0.1) is 0 Å². The highest BCUT2D eigenvalue weighted by Crippen LogP contribution is 2.46. The van der Waals surface area contributed by atoms with Gasteiger partial charge in [-0.2, -0.15) is 4.98 Å². The van der Waals surface area contributed by atoms with Crippen LogP contribution in [0.1, 0.15) is 59.2 Å². The average molecular weight is 356 g/mol. The molecule has 2 aliphatic rings. The number of likely N-dealkylation sites (tertiary alicyclic amines) is 1. The van der Waals surface area contributed by atoms with Crippen LogP contribution in [0.4, 0.5) is 0 Å². The number of hydrogen-bond donors (Lipinski definition) is 2. The van der Waals surface area contributed by atoms with E-state index in [1.165, 1.54) is 0 Å². The molecule has 1 aromatic carbocycles. The molecule has 1 saturated heterocycles. The summed E-state index contributed by atoms with van der Waals surface area (Å²) in [5.74, 6) is 0.968. The lowest BCUT2D eigenvalue weighted by Crippen LogP contribution is -2.32. The summed E-state index contributed by atoms with van der Waals surface area (Å²) in [6.07, 6.45) is 4.10. The number of aromatic nitrogens is 2. The molecule has 7 nitrogen and oxygen atoms in total. The lowest BCUT2D eigenvalue weighted by atomic mass is 9.96. The molecule has 0 spiro atoms. The first-order chi connectivity index (χ1) is 12.6. The van der Waals surface area contributed by atoms with Gasteiger partial charge in [0.2, 0.25) is 5.89 Å². The van der Waals surface area contributed by atoms with E-state index in [0.717, 1.165) is 62.6 Å². The number of nitrogens with two attached hydrogens (primary N) is 1. The molecule has 1 saturated carbocycles. The van der Waals surface area contributed by atoms with E-state index in [4.69, 9.17) is 15.4 Å². The maximum atomic E-state index is 10.9. The quantitative estimate of drug-likeness (QED) is 0.817. The zero-order chi connectivity index (χ0) is 18.1. The smallest absolute Gasteiger partial charge is 0.335 e. The Bertz CT molecular complexity index is 774. The third-order valence-corrected chi connectivity index (χ3v) is 5.70. The molecule has 1 aromatic heterocycles. The zero-order valence-corrected chi connectivity index (χ0v) is 14.7. The number of piperidine rings is 1. The maximum Gasteiger partial charge on any atom is 0.335 e. The van der Waals surface area contributed by atoms with E-state index in [-0.39, 0.29) is 5.41 Å². The summed E-state index contributed by atoms with van der Waals surface area (Å²) in [5.41, 5.74) is 7.28. The summed E-state index contributed by atoms with van der Waals surface area (Å²) < 4.78 is 5.53. The fourth-order valence-corrected chi connectivity index (χ4v) is 3.64. The van der Waals surface area contributed by atoms with Gasteiger partial charge in [-0.15, -0.1) is 0 Å². The second-order valence-corrected chi connectivity index (χ2v) is 7.49. The predicted octanol–water partition coefficient (Wildman–Crippen LogP) is 2.14. The van der Waals surface area contributed by atoms with Crippen molar-refractivity contribution in [1.29, 1.82) is 0 Å². The third-order valence-electron chi connectivity index (χ3n) is 5.70. The Morgan fingerprint density at radius 1 is 1.27 bits per heavy atom. The lowest BCUT2D eigenvalue weighted by molar-refractivity contribution is 0.0697. The highest BCUT2D eigenvalue weighted by Gasteiger charge is 2.47. The van der Waals surface area contributed by atoms with Gasteiger partial charge in [0.25, 0.3) is 0 Å². The second-order valence-electron chi connectivity index (χ2n) is 7.49. The monoisotopic (exact) mass is 356 g/mol. The van der Waals surface area contributed by atoms with Gasteiger partial charge in [0.15, 0.2) is 5.82 Å². The van der Waals surface area contributed by atoms with Gasteiger partial charge < -0.3 is 15.4 Å². The van der Waals surface area contributed by atoms with Crippen LogP contribution in [0.25, 0.3) is 0 Å². The Morgan fingerprint density at radius 3 is 2.54 bits per heavy atom. The predicted molar refractivity (Wildman–Crippen MR) is 94.9 cm³/mol. The van der Waals surface area contributed by atoms with Crippen molar-refractivity contribution in [2.24, 2.45) is 5.73 Å². The van der Waals surface area contributed by atoms with Crippen molar-refractivity contribution in [2.45, 2.75) is 43.6 Å². The van der Waals surface area contributed by atoms with Crippen LogP contribution >= 0.6 is 0 Å². The van der Waals surface area contributed by atoms with E-state index in [1.807, 2.05) is 12.1 Å². The van der Waals surface area contributed by atoms with Crippen LogP contribution in [0.15, 0.2) is 28.8 Å². The molecular formula is C19H24N4O3. The van der Waals surface area contributed by atoms with Gasteiger partial charge in [-0.05, 0) is 56.5 Å². The van der Waals surface area contributed by atoms with Crippen LogP contribution in [0.5, 0.6) is 0 Å². The molecule has 2 aromatic rings. The maximum absolute atomic E-state index is 10.9. The number of benzene rings is 1. The molecule has 4 rings (SSSR count). The highest BCUT2D eigenvalue weighted by molar-refractivity contribution is 5.87. The Labute approximate surface area is 152 Å². The van der Waals surface area contributed by atoms with Gasteiger partial charge in [-0.25, -0.2) is 4.79 Å². The van der Waals surface area contributed by atoms with E-state index in [9.17, 15) is 4.79 Å². The molecule has 7 heteroatoms. The van der Waals surface area contributed by atoms with Gasteiger partial charge in [0.1, 0.15) is 0 Å². The molecule has 0 bridgehead atoms. The van der Waals surface area contributed by atoms with E-state index in [0.29, 0.717) is 18.0 Å². The molecule has 0 unspecified atom stereocenters. The summed E-state index contributed by atoms with van der Waals surface area (Å²) in [4.78, 5) is 17.9. The SMILES string of the molecule is NCC1(c2noc(C3CCN(Cc4ccc(C(=O)O)cc4)CC3)n2)CC1. The van der Waals surface area contributed by atoms with Crippen LogP contribution in [0.2, 0.25) is 0 Å². The molecule has 3 N–H and O–H groups in total. The number of carboxylic acid groups (broad SMARTS) is 1. The largest absolute Gasteiger partial charge is 0.478 e. The molecule has 0 amide bonds. The number of hydrogen-bond acceptors (Lipinski definition) is 6. The Hall–Kier alpha value is -2.25. The number of rotatable bonds is 6. The molecule has 1 aliphatic heterocycles. The van der Waals surface area contributed by atoms with E-state index >= 15 is 0 Å². The van der Waals surface area contributed by atoms with Crippen molar-refractivity contribution in [3.63, 3.8) is 0 Å². The number of carboxylic acids is 1. The van der Waals surface area contributed by atoms with Gasteiger partial charge >= 0.3 is 5.97 Å². The molecule has 2 fully saturated rings. The van der Waals surface area contributed by atoms with Crippen molar-refractivity contribution < 1.29 is 14.4 Å². The first kappa shape index (κ1) is 17.2. The van der Waals surface area contributed by atoms with Gasteiger partial charge in [-0.3, -0.25) is 4.90 Å². The topological polar surface area (TPSA) is 105 Å².